The number of benzene rings is 2. The van der Waals surface area contributed by atoms with Gasteiger partial charge in [0.05, 0.1) is 23.5 Å². The fourth-order valence-corrected chi connectivity index (χ4v) is 4.73. The van der Waals surface area contributed by atoms with Crippen LogP contribution >= 0.6 is 11.6 Å². The molecule has 0 aliphatic carbocycles. The molecular formula is C29H30ClN5O2. The Hall–Kier alpha value is -3.86. The monoisotopic (exact) mass is 515 g/mol. The Labute approximate surface area is 221 Å². The molecule has 0 saturated heterocycles. The van der Waals surface area contributed by atoms with Crippen molar-refractivity contribution in [2.45, 2.75) is 45.6 Å². The van der Waals surface area contributed by atoms with Crippen LogP contribution < -0.4 is 11.1 Å². The third-order valence-corrected chi connectivity index (χ3v) is 7.21. The minimum absolute atomic E-state index is 0.0121. The molecule has 0 spiro atoms. The van der Waals surface area contributed by atoms with Crippen molar-refractivity contribution in [3.63, 3.8) is 0 Å². The first-order valence-corrected chi connectivity index (χ1v) is 12.5. The van der Waals surface area contributed by atoms with E-state index in [1.165, 1.54) is 0 Å². The highest BCUT2D eigenvalue weighted by Crippen LogP contribution is 2.35. The van der Waals surface area contributed by atoms with Gasteiger partial charge < -0.3 is 20.7 Å². The third-order valence-electron chi connectivity index (χ3n) is 6.99. The Morgan fingerprint density at radius 2 is 2.08 bits per heavy atom. The van der Waals surface area contributed by atoms with E-state index in [9.17, 15) is 9.90 Å². The molecule has 1 atom stereocenters. The molecule has 37 heavy (non-hydrogen) atoms. The van der Waals surface area contributed by atoms with Gasteiger partial charge in [-0.3, -0.25) is 4.79 Å². The smallest absolute Gasteiger partial charge is 0.227 e. The second-order valence-corrected chi connectivity index (χ2v) is 9.85. The Bertz CT molecular complexity index is 1510. The molecule has 4 aromatic rings. The average molecular weight is 516 g/mol. The van der Waals surface area contributed by atoms with E-state index in [1.807, 2.05) is 54.9 Å². The van der Waals surface area contributed by atoms with Gasteiger partial charge in [-0.2, -0.15) is 0 Å². The highest BCUT2D eigenvalue weighted by atomic mass is 35.5. The molecule has 4 N–H and O–H groups in total. The predicted molar refractivity (Wildman–Crippen MR) is 149 cm³/mol. The number of hydrogen-bond acceptors (Lipinski definition) is 5. The molecule has 0 saturated carbocycles. The first-order chi connectivity index (χ1) is 17.7. The Morgan fingerprint density at radius 3 is 2.76 bits per heavy atom. The number of nitrogens with zero attached hydrogens (tertiary/aromatic N) is 3. The highest BCUT2D eigenvalue weighted by molar-refractivity contribution is 6.32. The number of nitrogens with two attached hydrogens (primary N) is 1. The van der Waals surface area contributed by atoms with Crippen LogP contribution in [0, 0.1) is 19.3 Å². The zero-order chi connectivity index (χ0) is 26.7. The van der Waals surface area contributed by atoms with Crippen LogP contribution in [0.4, 0.5) is 11.6 Å². The number of carbonyl (C=O) groups is 1. The molecule has 0 aliphatic rings. The van der Waals surface area contributed by atoms with Crippen LogP contribution in [0.3, 0.4) is 0 Å². The number of primary amides is 1. The lowest BCUT2D eigenvalue weighted by Gasteiger charge is -2.29. The molecule has 190 valence electrons. The maximum atomic E-state index is 11.3. The molecule has 1 amide bonds. The largest absolute Gasteiger partial charge is 0.395 e. The number of nitrogens with one attached hydrogen (secondary N) is 1. The van der Waals surface area contributed by atoms with Gasteiger partial charge in [-0.05, 0) is 60.9 Å². The van der Waals surface area contributed by atoms with E-state index in [0.717, 1.165) is 45.3 Å². The summed E-state index contributed by atoms with van der Waals surface area (Å²) in [7, 11) is 0. The second kappa shape index (κ2) is 10.6. The minimum atomic E-state index is -0.423. The average Bonchev–Trinajstić information content (AvgIpc) is 3.30. The zero-order valence-electron chi connectivity index (χ0n) is 21.2. The predicted octanol–water partition coefficient (Wildman–Crippen LogP) is 5.32. The van der Waals surface area contributed by atoms with Crippen molar-refractivity contribution in [1.82, 2.24) is 14.5 Å². The molecule has 1 unspecified atom stereocenters. The van der Waals surface area contributed by atoms with Crippen LogP contribution in [0.1, 0.15) is 43.4 Å². The van der Waals surface area contributed by atoms with E-state index >= 15 is 0 Å². The number of fused-ring (bicyclic) bond motifs is 1. The van der Waals surface area contributed by atoms with Crippen molar-refractivity contribution in [3.05, 3.63) is 70.5 Å². The topological polar surface area (TPSA) is 106 Å². The lowest BCUT2D eigenvalue weighted by molar-refractivity contribution is -0.118. The zero-order valence-corrected chi connectivity index (χ0v) is 21.9. The number of hydrogen-bond donors (Lipinski definition) is 3. The second-order valence-electron chi connectivity index (χ2n) is 9.42. The van der Waals surface area contributed by atoms with Crippen molar-refractivity contribution in [2.75, 3.05) is 11.9 Å². The van der Waals surface area contributed by atoms with Crippen LogP contribution in [0.5, 0.6) is 0 Å². The summed E-state index contributed by atoms with van der Waals surface area (Å²) in [5.74, 6) is 2.82. The molecule has 0 fully saturated rings. The van der Waals surface area contributed by atoms with E-state index in [2.05, 4.69) is 29.2 Å². The molecule has 2 aromatic heterocycles. The summed E-state index contributed by atoms with van der Waals surface area (Å²) in [5.41, 5.74) is 10.8. The Morgan fingerprint density at radius 1 is 1.30 bits per heavy atom. The molecule has 2 heterocycles. The maximum Gasteiger partial charge on any atom is 0.227 e. The van der Waals surface area contributed by atoms with Gasteiger partial charge in [0.15, 0.2) is 0 Å². The van der Waals surface area contributed by atoms with E-state index in [1.54, 1.807) is 6.20 Å². The quantitative estimate of drug-likeness (QED) is 0.261. The highest BCUT2D eigenvalue weighted by Gasteiger charge is 2.27. The van der Waals surface area contributed by atoms with Crippen LogP contribution in [0.2, 0.25) is 5.02 Å². The standard InChI is InChI=1S/C29H30ClN5O2/c1-5-19-13-20(14-23(18(19)3)29(4,6-2)17-36)24-7-10-32-28(33-24)34-25-15-21(30)16-26-22(25)8-11-35(26)12-9-27(31)37/h1,7-8,10-11,13-16,36H,6,9,12,17H2,2-4H3,(H2,31,37)(H,32,33,34). The Balaban J connectivity index is 1.74. The van der Waals surface area contributed by atoms with E-state index in [4.69, 9.17) is 28.7 Å². The number of halogens is 1. The van der Waals surface area contributed by atoms with Crippen LogP contribution in [-0.4, -0.2) is 32.2 Å². The molecule has 0 radical (unpaired) electrons. The summed E-state index contributed by atoms with van der Waals surface area (Å²) in [4.78, 5) is 20.4. The van der Waals surface area contributed by atoms with Crippen molar-refractivity contribution in [1.29, 1.82) is 0 Å². The van der Waals surface area contributed by atoms with Crippen LogP contribution in [-0.2, 0) is 16.8 Å². The van der Waals surface area contributed by atoms with Crippen LogP contribution in [0.15, 0.2) is 48.8 Å². The van der Waals surface area contributed by atoms with Crippen molar-refractivity contribution < 1.29 is 9.90 Å². The summed E-state index contributed by atoms with van der Waals surface area (Å²) in [6.07, 6.45) is 10.4. The van der Waals surface area contributed by atoms with Gasteiger partial charge in [-0.1, -0.05) is 31.4 Å². The molecule has 0 bridgehead atoms. The summed E-state index contributed by atoms with van der Waals surface area (Å²) in [5, 5.41) is 14.9. The van der Waals surface area contributed by atoms with Gasteiger partial charge >= 0.3 is 0 Å². The number of amides is 1. The number of aliphatic hydroxyl groups is 1. The minimum Gasteiger partial charge on any atom is -0.395 e. The molecule has 4 rings (SSSR count). The molecule has 0 aliphatic heterocycles. The van der Waals surface area contributed by atoms with Gasteiger partial charge in [0.2, 0.25) is 11.9 Å². The summed E-state index contributed by atoms with van der Waals surface area (Å²) >= 11 is 6.42. The summed E-state index contributed by atoms with van der Waals surface area (Å²) in [6.45, 7) is 6.55. The van der Waals surface area contributed by atoms with Gasteiger partial charge in [0.25, 0.3) is 0 Å². The molecule has 7 nitrogen and oxygen atoms in total. The fourth-order valence-electron chi connectivity index (χ4n) is 4.52. The number of aryl methyl sites for hydroxylation is 1. The normalized spacial score (nSPS) is 12.8. The van der Waals surface area contributed by atoms with Crippen molar-refractivity contribution >= 4 is 40.0 Å². The van der Waals surface area contributed by atoms with Crippen LogP contribution in [0.25, 0.3) is 22.2 Å². The van der Waals surface area contributed by atoms with E-state index in [0.29, 0.717) is 23.2 Å². The fraction of sp³-hybridized carbons (Fsp3) is 0.276. The number of aliphatic hydroxyl groups excluding tert-OH is 1. The van der Waals surface area contributed by atoms with E-state index < -0.39 is 5.41 Å². The molecule has 2 aromatic carbocycles. The maximum absolute atomic E-state index is 11.3. The lowest BCUT2D eigenvalue weighted by Crippen LogP contribution is -2.27. The number of aromatic nitrogens is 3. The third kappa shape index (κ3) is 5.31. The van der Waals surface area contributed by atoms with Gasteiger partial charge in [-0.25, -0.2) is 9.97 Å². The number of carbonyl (C=O) groups excluding carboxylic acids is 1. The van der Waals surface area contributed by atoms with Gasteiger partial charge in [-0.15, -0.1) is 6.42 Å². The molecule has 8 heteroatoms. The summed E-state index contributed by atoms with van der Waals surface area (Å²) < 4.78 is 1.94. The number of anilines is 2. The van der Waals surface area contributed by atoms with E-state index in [-0.39, 0.29) is 18.9 Å². The number of rotatable bonds is 9. The first-order valence-electron chi connectivity index (χ1n) is 12.1. The first kappa shape index (κ1) is 26.2. The number of terminal acetylenes is 1. The van der Waals surface area contributed by atoms with Gasteiger partial charge in [0.1, 0.15) is 0 Å². The lowest BCUT2D eigenvalue weighted by atomic mass is 9.76. The molecular weight excluding hydrogens is 486 g/mol. The Kier molecular flexibility index (Phi) is 7.53. The van der Waals surface area contributed by atoms with Crippen molar-refractivity contribution in [2.24, 2.45) is 5.73 Å². The van der Waals surface area contributed by atoms with Gasteiger partial charge in [0, 0.05) is 52.3 Å². The SMILES string of the molecule is C#Cc1cc(-c2ccnc(Nc3cc(Cl)cc4c3ccn4CCC(N)=O)n2)cc(C(C)(CC)CO)c1C. The van der Waals surface area contributed by atoms with Crippen molar-refractivity contribution in [3.8, 4) is 23.6 Å². The summed E-state index contributed by atoms with van der Waals surface area (Å²) in [6, 6.07) is 11.4.